The largest absolute Gasteiger partial charge is 0.493 e. The maximum absolute atomic E-state index is 12.3. The fourth-order valence-electron chi connectivity index (χ4n) is 2.49. The minimum atomic E-state index is -0.971. The topological polar surface area (TPSA) is 105 Å². The van der Waals surface area contributed by atoms with Crippen molar-refractivity contribution in [3.8, 4) is 5.75 Å². The van der Waals surface area contributed by atoms with Crippen molar-refractivity contribution < 1.29 is 24.2 Å². The first-order valence-electron chi connectivity index (χ1n) is 9.15. The van der Waals surface area contributed by atoms with E-state index in [1.165, 1.54) is 12.8 Å². The maximum atomic E-state index is 12.3. The quantitative estimate of drug-likeness (QED) is 0.618. The number of hydrogen-bond donors (Lipinski definition) is 3. The van der Waals surface area contributed by atoms with E-state index in [2.05, 4.69) is 10.6 Å². The molecule has 0 unspecified atom stereocenters. The third-order valence-electron chi connectivity index (χ3n) is 4.33. The zero-order chi connectivity index (χ0) is 19.9. The number of carboxylic acids is 1. The fourth-order valence-corrected chi connectivity index (χ4v) is 2.49. The summed E-state index contributed by atoms with van der Waals surface area (Å²) in [5, 5.41) is 13.9. The van der Waals surface area contributed by atoms with Crippen LogP contribution in [0.4, 0.5) is 5.69 Å². The molecule has 0 aromatic heterocycles. The molecule has 0 saturated heterocycles. The van der Waals surface area contributed by atoms with Gasteiger partial charge in [0.05, 0.1) is 13.0 Å². The summed E-state index contributed by atoms with van der Waals surface area (Å²) in [4.78, 5) is 34.7. The number of rotatable bonds is 9. The third-order valence-corrected chi connectivity index (χ3v) is 4.33. The summed E-state index contributed by atoms with van der Waals surface area (Å²) < 4.78 is 5.66. The Labute approximate surface area is 162 Å². The number of nitrogens with one attached hydrogen (secondary N) is 2. The Morgan fingerprint density at radius 2 is 1.54 bits per heavy atom. The van der Waals surface area contributed by atoms with E-state index in [0.29, 0.717) is 22.7 Å². The second-order valence-electron chi connectivity index (χ2n) is 6.71. The monoisotopic (exact) mass is 382 g/mol. The van der Waals surface area contributed by atoms with Crippen LogP contribution < -0.4 is 15.4 Å². The highest BCUT2D eigenvalue weighted by atomic mass is 16.5. The maximum Gasteiger partial charge on any atom is 0.305 e. The van der Waals surface area contributed by atoms with Crippen LogP contribution in [0.15, 0.2) is 48.5 Å². The molecule has 0 bridgehead atoms. The summed E-state index contributed by atoms with van der Waals surface area (Å²) in [5.41, 5.74) is 1.45. The van der Waals surface area contributed by atoms with Crippen molar-refractivity contribution in [3.05, 3.63) is 59.7 Å². The van der Waals surface area contributed by atoms with E-state index in [0.717, 1.165) is 12.4 Å². The smallest absolute Gasteiger partial charge is 0.305 e. The lowest BCUT2D eigenvalue weighted by atomic mass is 10.1. The molecule has 0 spiro atoms. The Morgan fingerprint density at radius 1 is 0.929 bits per heavy atom. The summed E-state index contributed by atoms with van der Waals surface area (Å²) in [6.45, 7) is 0.787. The van der Waals surface area contributed by atoms with Crippen molar-refractivity contribution >= 4 is 23.5 Å². The molecule has 2 aromatic rings. The van der Waals surface area contributed by atoms with Gasteiger partial charge < -0.3 is 20.5 Å². The molecule has 1 saturated carbocycles. The highest BCUT2D eigenvalue weighted by Crippen LogP contribution is 2.29. The molecule has 2 aromatic carbocycles. The van der Waals surface area contributed by atoms with Gasteiger partial charge in [0.2, 0.25) is 0 Å². The van der Waals surface area contributed by atoms with Gasteiger partial charge in [-0.15, -0.1) is 0 Å². The van der Waals surface area contributed by atoms with Crippen LogP contribution in [-0.2, 0) is 4.79 Å². The van der Waals surface area contributed by atoms with Crippen molar-refractivity contribution in [2.75, 3.05) is 18.5 Å². The number of hydrogen-bond acceptors (Lipinski definition) is 4. The molecular formula is C21H22N2O5. The Hall–Kier alpha value is -3.35. The van der Waals surface area contributed by atoms with Crippen LogP contribution in [0.1, 0.15) is 40.0 Å². The molecule has 1 fully saturated rings. The molecule has 3 rings (SSSR count). The van der Waals surface area contributed by atoms with Gasteiger partial charge in [0.15, 0.2) is 0 Å². The van der Waals surface area contributed by atoms with Crippen molar-refractivity contribution in [3.63, 3.8) is 0 Å². The molecule has 3 N–H and O–H groups in total. The Bertz CT molecular complexity index is 842. The van der Waals surface area contributed by atoms with Crippen molar-refractivity contribution in [2.45, 2.75) is 19.3 Å². The molecule has 146 valence electrons. The first-order chi connectivity index (χ1) is 13.5. The van der Waals surface area contributed by atoms with Crippen LogP contribution in [0, 0.1) is 5.92 Å². The second-order valence-corrected chi connectivity index (χ2v) is 6.71. The molecule has 0 radical (unpaired) electrons. The minimum Gasteiger partial charge on any atom is -0.493 e. The molecule has 0 atom stereocenters. The normalized spacial score (nSPS) is 12.9. The van der Waals surface area contributed by atoms with E-state index in [4.69, 9.17) is 9.84 Å². The summed E-state index contributed by atoms with van der Waals surface area (Å²) in [7, 11) is 0. The zero-order valence-corrected chi connectivity index (χ0v) is 15.3. The molecule has 0 heterocycles. The average molecular weight is 382 g/mol. The van der Waals surface area contributed by atoms with Gasteiger partial charge in [-0.05, 0) is 67.3 Å². The van der Waals surface area contributed by atoms with Crippen molar-refractivity contribution in [1.29, 1.82) is 0 Å². The summed E-state index contributed by atoms with van der Waals surface area (Å²) in [5.74, 6) is -0.166. The first kappa shape index (κ1) is 19.4. The average Bonchev–Trinajstić information content (AvgIpc) is 3.51. The van der Waals surface area contributed by atoms with Crippen LogP contribution in [0.3, 0.4) is 0 Å². The standard InChI is InChI=1S/C21H22N2O5/c24-19(25)11-12-22-20(26)15-3-7-17(8-4-15)23-21(27)16-5-9-18(10-6-16)28-13-14-1-2-14/h3-10,14H,1-2,11-13H2,(H,22,26)(H,23,27)(H,24,25). The lowest BCUT2D eigenvalue weighted by molar-refractivity contribution is -0.136. The summed E-state index contributed by atoms with van der Waals surface area (Å²) in [6.07, 6.45) is 2.32. The number of benzene rings is 2. The van der Waals surface area contributed by atoms with Crippen molar-refractivity contribution in [2.24, 2.45) is 5.92 Å². The predicted molar refractivity (Wildman–Crippen MR) is 104 cm³/mol. The van der Waals surface area contributed by atoms with Gasteiger partial charge in [-0.25, -0.2) is 0 Å². The number of anilines is 1. The second kappa shape index (κ2) is 9.03. The van der Waals surface area contributed by atoms with Gasteiger partial charge in [0.1, 0.15) is 5.75 Å². The molecule has 2 amide bonds. The van der Waals surface area contributed by atoms with E-state index in [1.54, 1.807) is 48.5 Å². The third kappa shape index (κ3) is 5.84. The van der Waals surface area contributed by atoms with Crippen LogP contribution in [-0.4, -0.2) is 36.0 Å². The van der Waals surface area contributed by atoms with Crippen LogP contribution in [0.2, 0.25) is 0 Å². The Morgan fingerprint density at radius 3 is 2.14 bits per heavy atom. The lowest BCUT2D eigenvalue weighted by Gasteiger charge is -2.08. The van der Waals surface area contributed by atoms with Gasteiger partial charge in [-0.3, -0.25) is 14.4 Å². The van der Waals surface area contributed by atoms with E-state index in [-0.39, 0.29) is 24.8 Å². The molecular weight excluding hydrogens is 360 g/mol. The molecule has 7 nitrogen and oxygen atoms in total. The van der Waals surface area contributed by atoms with Crippen molar-refractivity contribution in [1.82, 2.24) is 5.32 Å². The van der Waals surface area contributed by atoms with E-state index >= 15 is 0 Å². The van der Waals surface area contributed by atoms with Gasteiger partial charge in [0.25, 0.3) is 11.8 Å². The van der Waals surface area contributed by atoms with Gasteiger partial charge in [-0.2, -0.15) is 0 Å². The van der Waals surface area contributed by atoms with Gasteiger partial charge >= 0.3 is 5.97 Å². The number of carboxylic acid groups (broad SMARTS) is 1. The molecule has 1 aliphatic carbocycles. The number of carbonyl (C=O) groups is 3. The summed E-state index contributed by atoms with van der Waals surface area (Å²) in [6, 6.07) is 13.4. The van der Waals surface area contributed by atoms with Gasteiger partial charge in [-0.1, -0.05) is 0 Å². The van der Waals surface area contributed by atoms with E-state index in [9.17, 15) is 14.4 Å². The Balaban J connectivity index is 1.50. The summed E-state index contributed by atoms with van der Waals surface area (Å²) >= 11 is 0. The molecule has 1 aliphatic rings. The predicted octanol–water partition coefficient (Wildman–Crippen LogP) is 2.93. The number of carbonyl (C=O) groups excluding carboxylic acids is 2. The zero-order valence-electron chi connectivity index (χ0n) is 15.3. The van der Waals surface area contributed by atoms with Crippen LogP contribution in [0.5, 0.6) is 5.75 Å². The molecule has 0 aliphatic heterocycles. The molecule has 28 heavy (non-hydrogen) atoms. The highest BCUT2D eigenvalue weighted by molar-refractivity contribution is 6.04. The number of amides is 2. The number of ether oxygens (including phenoxy) is 1. The fraction of sp³-hybridized carbons (Fsp3) is 0.286. The SMILES string of the molecule is O=C(O)CCNC(=O)c1ccc(NC(=O)c2ccc(OCC3CC3)cc2)cc1. The van der Waals surface area contributed by atoms with Crippen LogP contribution >= 0.6 is 0 Å². The van der Waals surface area contributed by atoms with Crippen LogP contribution in [0.25, 0.3) is 0 Å². The number of aliphatic carboxylic acids is 1. The minimum absolute atomic E-state index is 0.0625. The highest BCUT2D eigenvalue weighted by Gasteiger charge is 2.21. The van der Waals surface area contributed by atoms with E-state index < -0.39 is 5.97 Å². The molecule has 7 heteroatoms. The van der Waals surface area contributed by atoms with E-state index in [1.807, 2.05) is 0 Å². The lowest BCUT2D eigenvalue weighted by Crippen LogP contribution is -2.25. The first-order valence-corrected chi connectivity index (χ1v) is 9.15. The van der Waals surface area contributed by atoms with Gasteiger partial charge in [0, 0.05) is 23.4 Å². The Kier molecular flexibility index (Phi) is 6.26.